The quantitative estimate of drug-likeness (QED) is 0.314. The fraction of sp³-hybridized carbons (Fsp3) is 0.533. The van der Waals surface area contributed by atoms with Gasteiger partial charge in [-0.15, -0.1) is 5.73 Å². The van der Waals surface area contributed by atoms with Crippen molar-refractivity contribution in [2.75, 3.05) is 6.54 Å². The standard InChI is InChI=1S/C23H33NO2.C7H12/c1-5-17-23(6-2,19-13-11-18(4)12-14-19)21(25)16-15-20-9-8-10-22(26)24(20)7-3;1-3-5-7-6-4-2/h11-14,16,21,25H,5-10,17H2,1-4H3;3,5-7H,4H2,1-2H3/b;5-3-,7-6-. The smallest absolute Gasteiger partial charge is 0.227 e. The molecule has 1 aromatic carbocycles. The zero-order valence-electron chi connectivity index (χ0n) is 21.7. The lowest BCUT2D eigenvalue weighted by molar-refractivity contribution is -0.130. The van der Waals surface area contributed by atoms with Crippen LogP contribution in [0.1, 0.15) is 90.7 Å². The van der Waals surface area contributed by atoms with Gasteiger partial charge >= 0.3 is 0 Å². The average molecular weight is 452 g/mol. The maximum Gasteiger partial charge on any atom is 0.227 e. The molecule has 0 radical (unpaired) electrons. The summed E-state index contributed by atoms with van der Waals surface area (Å²) in [6, 6.07) is 8.51. The van der Waals surface area contributed by atoms with E-state index in [2.05, 4.69) is 69.8 Å². The summed E-state index contributed by atoms with van der Waals surface area (Å²) >= 11 is 0. The molecule has 0 saturated carbocycles. The Labute approximate surface area is 202 Å². The summed E-state index contributed by atoms with van der Waals surface area (Å²) in [4.78, 5) is 13.9. The lowest BCUT2D eigenvalue weighted by Crippen LogP contribution is -2.38. The van der Waals surface area contributed by atoms with Gasteiger partial charge in [-0.25, -0.2) is 0 Å². The molecule has 2 atom stereocenters. The summed E-state index contributed by atoms with van der Waals surface area (Å²) in [5, 5.41) is 11.1. The van der Waals surface area contributed by atoms with Gasteiger partial charge in [0.25, 0.3) is 0 Å². The molecule has 1 N–H and O–H groups in total. The van der Waals surface area contributed by atoms with Crippen LogP contribution in [0, 0.1) is 6.92 Å². The van der Waals surface area contributed by atoms with E-state index in [9.17, 15) is 9.90 Å². The Morgan fingerprint density at radius 3 is 2.36 bits per heavy atom. The van der Waals surface area contributed by atoms with E-state index in [1.807, 2.05) is 26.0 Å². The highest BCUT2D eigenvalue weighted by molar-refractivity contribution is 5.79. The van der Waals surface area contributed by atoms with Crippen LogP contribution in [0.5, 0.6) is 0 Å². The third kappa shape index (κ3) is 8.50. The molecular weight excluding hydrogens is 406 g/mol. The molecule has 1 saturated heterocycles. The molecule has 0 bridgehead atoms. The molecule has 1 aromatic rings. The van der Waals surface area contributed by atoms with Crippen molar-refractivity contribution in [1.29, 1.82) is 0 Å². The first-order valence-corrected chi connectivity index (χ1v) is 12.7. The van der Waals surface area contributed by atoms with Crippen LogP contribution in [0.4, 0.5) is 0 Å². The van der Waals surface area contributed by atoms with Crippen molar-refractivity contribution in [3.05, 3.63) is 77.2 Å². The molecule has 33 heavy (non-hydrogen) atoms. The predicted molar refractivity (Wildman–Crippen MR) is 141 cm³/mol. The van der Waals surface area contributed by atoms with Crippen molar-refractivity contribution < 1.29 is 9.90 Å². The molecule has 3 heteroatoms. The number of benzene rings is 1. The number of allylic oxidation sites excluding steroid dienone is 4. The molecule has 1 amide bonds. The molecule has 2 rings (SSSR count). The van der Waals surface area contributed by atoms with Crippen molar-refractivity contribution >= 4 is 5.91 Å². The number of carbonyl (C=O) groups is 1. The normalized spacial score (nSPS) is 16.9. The number of likely N-dealkylation sites (tertiary alicyclic amines) is 1. The lowest BCUT2D eigenvalue weighted by Gasteiger charge is -2.36. The molecule has 2 unspecified atom stereocenters. The fourth-order valence-electron chi connectivity index (χ4n) is 4.39. The van der Waals surface area contributed by atoms with Crippen molar-refractivity contribution in [2.45, 2.75) is 98.0 Å². The largest absolute Gasteiger partial charge is 0.387 e. The number of piperidine rings is 1. The molecule has 1 heterocycles. The predicted octanol–water partition coefficient (Wildman–Crippen LogP) is 7.40. The SMILES string of the molecule is C/C=C\C=C/CC.CCCC(CC)(c1ccc(C)cc1)C(O)C=C=C1CCCC(=O)N1CC. The van der Waals surface area contributed by atoms with Crippen molar-refractivity contribution in [3.8, 4) is 0 Å². The summed E-state index contributed by atoms with van der Waals surface area (Å²) in [6.07, 6.45) is 15.6. The van der Waals surface area contributed by atoms with Gasteiger partial charge in [-0.3, -0.25) is 4.79 Å². The highest BCUT2D eigenvalue weighted by atomic mass is 16.3. The van der Waals surface area contributed by atoms with E-state index in [1.165, 1.54) is 11.1 Å². The van der Waals surface area contributed by atoms with Gasteiger partial charge in [0, 0.05) is 18.4 Å². The van der Waals surface area contributed by atoms with E-state index in [-0.39, 0.29) is 11.3 Å². The Kier molecular flexibility index (Phi) is 13.5. The van der Waals surface area contributed by atoms with Crippen LogP contribution in [-0.2, 0) is 10.2 Å². The number of hydrogen-bond donors (Lipinski definition) is 1. The fourth-order valence-corrected chi connectivity index (χ4v) is 4.39. The second-order valence-corrected chi connectivity index (χ2v) is 8.68. The Balaban J connectivity index is 0.000000675. The monoisotopic (exact) mass is 451 g/mol. The topological polar surface area (TPSA) is 40.5 Å². The molecular formula is C30H45NO2. The van der Waals surface area contributed by atoms with Gasteiger partial charge in [0.1, 0.15) is 0 Å². The molecule has 0 spiro atoms. The Bertz CT molecular complexity index is 827. The number of rotatable bonds is 9. The summed E-state index contributed by atoms with van der Waals surface area (Å²) in [5.41, 5.74) is 6.28. The molecule has 0 aliphatic carbocycles. The Morgan fingerprint density at radius 2 is 1.82 bits per heavy atom. The Hall–Kier alpha value is -2.35. The number of hydrogen-bond acceptors (Lipinski definition) is 2. The first-order chi connectivity index (χ1) is 15.9. The number of aryl methyl sites for hydroxylation is 1. The first-order valence-electron chi connectivity index (χ1n) is 12.7. The zero-order valence-corrected chi connectivity index (χ0v) is 21.7. The number of carbonyl (C=O) groups excluding carboxylic acids is 1. The van der Waals surface area contributed by atoms with Crippen LogP contribution in [0.15, 0.2) is 66.1 Å². The summed E-state index contributed by atoms with van der Waals surface area (Å²) in [7, 11) is 0. The highest BCUT2D eigenvalue weighted by Gasteiger charge is 2.36. The number of amides is 1. The number of aliphatic hydroxyl groups is 1. The van der Waals surface area contributed by atoms with Crippen LogP contribution in [-0.4, -0.2) is 28.6 Å². The lowest BCUT2D eigenvalue weighted by atomic mass is 9.70. The van der Waals surface area contributed by atoms with Gasteiger partial charge in [0.15, 0.2) is 0 Å². The van der Waals surface area contributed by atoms with Crippen LogP contribution in [0.25, 0.3) is 0 Å². The maximum absolute atomic E-state index is 12.1. The van der Waals surface area contributed by atoms with E-state index in [0.717, 1.165) is 44.2 Å². The minimum Gasteiger partial charge on any atom is -0.387 e. The summed E-state index contributed by atoms with van der Waals surface area (Å²) < 4.78 is 0. The van der Waals surface area contributed by atoms with Crippen molar-refractivity contribution in [1.82, 2.24) is 4.90 Å². The molecule has 3 nitrogen and oxygen atoms in total. The van der Waals surface area contributed by atoms with Crippen molar-refractivity contribution in [2.24, 2.45) is 0 Å². The number of nitrogens with zero attached hydrogens (tertiary/aromatic N) is 1. The van der Waals surface area contributed by atoms with E-state index in [1.54, 1.807) is 11.0 Å². The second-order valence-electron chi connectivity index (χ2n) is 8.68. The molecule has 0 aromatic heterocycles. The molecule has 182 valence electrons. The first kappa shape index (κ1) is 28.7. The van der Waals surface area contributed by atoms with Crippen LogP contribution in [0.2, 0.25) is 0 Å². The van der Waals surface area contributed by atoms with E-state index in [4.69, 9.17) is 0 Å². The van der Waals surface area contributed by atoms with Crippen LogP contribution < -0.4 is 0 Å². The number of aliphatic hydroxyl groups excluding tert-OH is 1. The minimum atomic E-state index is -0.626. The van der Waals surface area contributed by atoms with Gasteiger partial charge in [-0.05, 0) is 64.5 Å². The van der Waals surface area contributed by atoms with E-state index in [0.29, 0.717) is 13.0 Å². The van der Waals surface area contributed by atoms with E-state index < -0.39 is 6.10 Å². The van der Waals surface area contributed by atoms with Gasteiger partial charge < -0.3 is 10.0 Å². The zero-order chi connectivity index (χ0) is 24.7. The van der Waals surface area contributed by atoms with Gasteiger partial charge in [0.05, 0.1) is 11.8 Å². The third-order valence-corrected chi connectivity index (χ3v) is 6.35. The molecule has 1 fully saturated rings. The summed E-state index contributed by atoms with van der Waals surface area (Å²) in [6.45, 7) is 13.2. The average Bonchev–Trinajstić information content (AvgIpc) is 2.82. The van der Waals surface area contributed by atoms with Gasteiger partial charge in [-0.1, -0.05) is 81.3 Å². The molecule has 1 aliphatic rings. The van der Waals surface area contributed by atoms with Crippen LogP contribution in [0.3, 0.4) is 0 Å². The van der Waals surface area contributed by atoms with Crippen molar-refractivity contribution in [3.63, 3.8) is 0 Å². The third-order valence-electron chi connectivity index (χ3n) is 6.35. The van der Waals surface area contributed by atoms with Crippen LogP contribution >= 0.6 is 0 Å². The van der Waals surface area contributed by atoms with Gasteiger partial charge in [0.2, 0.25) is 5.91 Å². The maximum atomic E-state index is 12.1. The highest BCUT2D eigenvalue weighted by Crippen LogP contribution is 2.37. The van der Waals surface area contributed by atoms with E-state index >= 15 is 0 Å². The minimum absolute atomic E-state index is 0.165. The second kappa shape index (κ2) is 15.5. The molecule has 1 aliphatic heterocycles. The van der Waals surface area contributed by atoms with Gasteiger partial charge in [-0.2, -0.15) is 0 Å². The summed E-state index contributed by atoms with van der Waals surface area (Å²) in [5.74, 6) is 0.165. The Morgan fingerprint density at radius 1 is 1.12 bits per heavy atom.